The molecule has 0 radical (unpaired) electrons. The lowest BCUT2D eigenvalue weighted by Crippen LogP contribution is -2.58. The van der Waals surface area contributed by atoms with Gasteiger partial charge in [-0.05, 0) is 23.5 Å². The Morgan fingerprint density at radius 3 is 2.35 bits per heavy atom. The predicted octanol–water partition coefficient (Wildman–Crippen LogP) is 1.24. The zero-order valence-electron chi connectivity index (χ0n) is 25.5. The molecule has 2 aromatic rings. The van der Waals surface area contributed by atoms with Gasteiger partial charge in [-0.1, -0.05) is 45.0 Å². The van der Waals surface area contributed by atoms with Crippen LogP contribution in [0.3, 0.4) is 0 Å². The molecule has 1 aliphatic rings. The zero-order valence-corrected chi connectivity index (χ0v) is 26.3. The number of nitrogens with two attached hydrogens (primary N) is 1. The van der Waals surface area contributed by atoms with E-state index in [1.165, 1.54) is 4.90 Å². The van der Waals surface area contributed by atoms with Gasteiger partial charge in [-0.15, -0.1) is 11.3 Å². The number of thiazole rings is 1. The van der Waals surface area contributed by atoms with Gasteiger partial charge in [0, 0.05) is 26.1 Å². The summed E-state index contributed by atoms with van der Waals surface area (Å²) in [6.07, 6.45) is -0.728. The standard InChI is InChI=1S/C30H45N5O7S/c1-20-26(43-19-33-20)22-7-5-21(6-8-22)16-32-28(38)24-15-23(36)17-35(24)29(39)27(30(2,3)4)34-25(37)18-42-14-13-41-12-11-40-10-9-31/h5-8,19,23-24,27,36H,9-18,31H2,1-4H3,(H,32,38)(H,34,37)/t23?,24-,27+/m0/s1. The molecule has 238 valence electrons. The highest BCUT2D eigenvalue weighted by atomic mass is 32.1. The van der Waals surface area contributed by atoms with Gasteiger partial charge in [-0.3, -0.25) is 14.4 Å². The zero-order chi connectivity index (χ0) is 31.4. The Balaban J connectivity index is 1.52. The van der Waals surface area contributed by atoms with Crippen LogP contribution in [0.25, 0.3) is 10.4 Å². The van der Waals surface area contributed by atoms with Crippen molar-refractivity contribution in [3.05, 3.63) is 41.0 Å². The van der Waals surface area contributed by atoms with Gasteiger partial charge < -0.3 is 40.6 Å². The van der Waals surface area contributed by atoms with Crippen molar-refractivity contribution >= 4 is 29.1 Å². The summed E-state index contributed by atoms with van der Waals surface area (Å²) in [5.41, 5.74) is 9.44. The van der Waals surface area contributed by atoms with Gasteiger partial charge in [-0.25, -0.2) is 4.98 Å². The maximum atomic E-state index is 13.7. The predicted molar refractivity (Wildman–Crippen MR) is 163 cm³/mol. The molecule has 1 fully saturated rings. The molecule has 1 aromatic carbocycles. The number of carbonyl (C=O) groups is 3. The summed E-state index contributed by atoms with van der Waals surface area (Å²) in [5.74, 6) is -1.25. The molecule has 0 bridgehead atoms. The number of hydrogen-bond donors (Lipinski definition) is 4. The minimum Gasteiger partial charge on any atom is -0.391 e. The summed E-state index contributed by atoms with van der Waals surface area (Å²) < 4.78 is 16.0. The van der Waals surface area contributed by atoms with Crippen LogP contribution in [0.5, 0.6) is 0 Å². The van der Waals surface area contributed by atoms with Crippen molar-refractivity contribution in [2.75, 3.05) is 52.7 Å². The lowest BCUT2D eigenvalue weighted by atomic mass is 9.85. The minimum absolute atomic E-state index is 0.00506. The number of hydrogen-bond acceptors (Lipinski definition) is 10. The number of aromatic nitrogens is 1. The maximum absolute atomic E-state index is 13.7. The fourth-order valence-electron chi connectivity index (χ4n) is 4.67. The molecule has 0 spiro atoms. The van der Waals surface area contributed by atoms with Crippen LogP contribution >= 0.6 is 11.3 Å². The van der Waals surface area contributed by atoms with Gasteiger partial charge in [0.15, 0.2) is 0 Å². The molecular weight excluding hydrogens is 574 g/mol. The molecule has 1 unspecified atom stereocenters. The highest BCUT2D eigenvalue weighted by molar-refractivity contribution is 7.13. The first-order chi connectivity index (χ1) is 20.5. The van der Waals surface area contributed by atoms with E-state index in [2.05, 4.69) is 15.6 Å². The van der Waals surface area contributed by atoms with E-state index in [1.54, 1.807) is 11.3 Å². The summed E-state index contributed by atoms with van der Waals surface area (Å²) >= 11 is 1.58. The molecular formula is C30H45N5O7S. The van der Waals surface area contributed by atoms with E-state index in [-0.39, 0.29) is 38.6 Å². The number of aryl methyl sites for hydroxylation is 1. The van der Waals surface area contributed by atoms with Crippen LogP contribution < -0.4 is 16.4 Å². The molecule has 3 atom stereocenters. The Bertz CT molecular complexity index is 1180. The molecule has 3 amide bonds. The Labute approximate surface area is 257 Å². The lowest BCUT2D eigenvalue weighted by Gasteiger charge is -2.35. The molecule has 12 nitrogen and oxygen atoms in total. The van der Waals surface area contributed by atoms with Crippen molar-refractivity contribution < 1.29 is 33.7 Å². The van der Waals surface area contributed by atoms with E-state index in [1.807, 2.05) is 57.5 Å². The molecule has 1 aliphatic heterocycles. The highest BCUT2D eigenvalue weighted by Gasteiger charge is 2.44. The average Bonchev–Trinajstić information content (AvgIpc) is 3.58. The molecule has 13 heteroatoms. The first-order valence-corrected chi connectivity index (χ1v) is 15.4. The number of nitrogens with zero attached hydrogens (tertiary/aromatic N) is 2. The molecule has 0 saturated carbocycles. The number of ether oxygens (including phenoxy) is 3. The number of likely N-dealkylation sites (tertiary alicyclic amines) is 1. The Morgan fingerprint density at radius 1 is 1.09 bits per heavy atom. The van der Waals surface area contributed by atoms with Crippen molar-refractivity contribution in [3.63, 3.8) is 0 Å². The molecule has 1 aromatic heterocycles. The van der Waals surface area contributed by atoms with Crippen molar-refractivity contribution in [3.8, 4) is 10.4 Å². The molecule has 1 saturated heterocycles. The van der Waals surface area contributed by atoms with Crippen LogP contribution in [0.4, 0.5) is 0 Å². The number of aliphatic hydroxyl groups excluding tert-OH is 1. The van der Waals surface area contributed by atoms with Crippen LogP contribution in [0.2, 0.25) is 0 Å². The van der Waals surface area contributed by atoms with Gasteiger partial charge >= 0.3 is 0 Å². The van der Waals surface area contributed by atoms with Crippen molar-refractivity contribution in [2.24, 2.45) is 11.1 Å². The van der Waals surface area contributed by atoms with E-state index < -0.39 is 35.4 Å². The largest absolute Gasteiger partial charge is 0.391 e. The number of benzene rings is 1. The number of carbonyl (C=O) groups excluding carboxylic acids is 3. The molecule has 2 heterocycles. The number of β-amino-alcohol motifs (C(OH)–C–C–N with tert-alkyl or cyclic N) is 1. The summed E-state index contributed by atoms with van der Waals surface area (Å²) in [7, 11) is 0. The summed E-state index contributed by atoms with van der Waals surface area (Å²) in [6.45, 7) is 9.72. The van der Waals surface area contributed by atoms with Crippen molar-refractivity contribution in [1.82, 2.24) is 20.5 Å². The Kier molecular flexibility index (Phi) is 13.5. The van der Waals surface area contributed by atoms with E-state index in [9.17, 15) is 19.5 Å². The summed E-state index contributed by atoms with van der Waals surface area (Å²) in [6, 6.07) is 6.08. The number of amides is 3. The van der Waals surface area contributed by atoms with Crippen LogP contribution in [0.15, 0.2) is 29.8 Å². The van der Waals surface area contributed by atoms with Crippen LogP contribution in [-0.4, -0.2) is 104 Å². The fraction of sp³-hybridized carbons (Fsp3) is 0.600. The molecule has 3 rings (SSSR count). The van der Waals surface area contributed by atoms with Gasteiger partial charge in [0.05, 0.1) is 55.2 Å². The summed E-state index contributed by atoms with van der Waals surface area (Å²) in [4.78, 5) is 46.4. The maximum Gasteiger partial charge on any atom is 0.246 e. The number of rotatable bonds is 16. The Hall–Kier alpha value is -2.94. The first kappa shape index (κ1) is 34.5. The minimum atomic E-state index is -0.928. The topological polar surface area (TPSA) is 165 Å². The van der Waals surface area contributed by atoms with Crippen LogP contribution in [0.1, 0.15) is 38.4 Å². The highest BCUT2D eigenvalue weighted by Crippen LogP contribution is 2.28. The van der Waals surface area contributed by atoms with E-state index in [0.717, 1.165) is 21.7 Å². The number of aliphatic hydroxyl groups is 1. The molecule has 5 N–H and O–H groups in total. The van der Waals surface area contributed by atoms with Gasteiger partial charge in [0.2, 0.25) is 17.7 Å². The fourth-order valence-corrected chi connectivity index (χ4v) is 5.48. The molecule has 43 heavy (non-hydrogen) atoms. The van der Waals surface area contributed by atoms with Gasteiger partial charge in [0.25, 0.3) is 0 Å². The second-order valence-corrected chi connectivity index (χ2v) is 12.4. The third-order valence-corrected chi connectivity index (χ3v) is 7.93. The van der Waals surface area contributed by atoms with Gasteiger partial charge in [-0.2, -0.15) is 0 Å². The third-order valence-electron chi connectivity index (χ3n) is 6.95. The summed E-state index contributed by atoms with van der Waals surface area (Å²) in [5, 5.41) is 16.1. The lowest BCUT2D eigenvalue weighted by molar-refractivity contribution is -0.144. The third kappa shape index (κ3) is 10.6. The molecule has 0 aliphatic carbocycles. The van der Waals surface area contributed by atoms with Gasteiger partial charge in [0.1, 0.15) is 18.7 Å². The quantitative estimate of drug-likeness (QED) is 0.202. The first-order valence-electron chi connectivity index (χ1n) is 14.5. The number of nitrogens with one attached hydrogen (secondary N) is 2. The van der Waals surface area contributed by atoms with Crippen LogP contribution in [-0.2, 0) is 35.1 Å². The second kappa shape index (κ2) is 16.8. The smallest absolute Gasteiger partial charge is 0.246 e. The van der Waals surface area contributed by atoms with E-state index in [4.69, 9.17) is 19.9 Å². The SMILES string of the molecule is Cc1ncsc1-c1ccc(CNC(=O)[C@@H]2CC(O)CN2C(=O)[C@@H](NC(=O)COCCOCCOCCN)C(C)(C)C)cc1. The van der Waals surface area contributed by atoms with E-state index in [0.29, 0.717) is 33.0 Å². The normalized spacial score (nSPS) is 17.6. The van der Waals surface area contributed by atoms with Crippen molar-refractivity contribution in [1.29, 1.82) is 0 Å². The average molecular weight is 620 g/mol. The monoisotopic (exact) mass is 619 g/mol. The van der Waals surface area contributed by atoms with Crippen molar-refractivity contribution in [2.45, 2.75) is 58.8 Å². The second-order valence-electron chi connectivity index (χ2n) is 11.5. The van der Waals surface area contributed by atoms with Crippen LogP contribution in [0, 0.1) is 12.3 Å². The van der Waals surface area contributed by atoms with E-state index >= 15 is 0 Å². The Morgan fingerprint density at radius 2 is 1.74 bits per heavy atom.